The first-order valence-electron chi connectivity index (χ1n) is 11.4. The molecule has 0 radical (unpaired) electrons. The Hall–Kier alpha value is -1.64. The summed E-state index contributed by atoms with van der Waals surface area (Å²) < 4.78 is 27.5. The van der Waals surface area contributed by atoms with Crippen LogP contribution >= 0.6 is 0 Å². The van der Waals surface area contributed by atoms with Crippen LogP contribution in [0.1, 0.15) is 51.5 Å². The number of likely N-dealkylation sites (tertiary alicyclic amines) is 1. The van der Waals surface area contributed by atoms with Gasteiger partial charge in [0.05, 0.1) is 11.4 Å². The number of nitrogens with zero attached hydrogens (tertiary/aromatic N) is 3. The lowest BCUT2D eigenvalue weighted by Crippen LogP contribution is -2.44. The summed E-state index contributed by atoms with van der Waals surface area (Å²) in [6.07, 6.45) is 5.47. The molecule has 1 aromatic carbocycles. The van der Waals surface area contributed by atoms with Gasteiger partial charge in [-0.05, 0) is 63.4 Å². The molecular weight excluding hydrogens is 398 g/mol. The molecule has 2 N–H and O–H groups in total. The quantitative estimate of drug-likeness (QED) is 0.484. The van der Waals surface area contributed by atoms with Crippen LogP contribution in [0.15, 0.2) is 34.2 Å². The third-order valence-electron chi connectivity index (χ3n) is 6.03. The molecule has 2 aliphatic rings. The number of hydrogen-bond acceptors (Lipinski definition) is 4. The molecule has 1 unspecified atom stereocenters. The van der Waals surface area contributed by atoms with Gasteiger partial charge in [0.15, 0.2) is 5.96 Å². The number of hydrogen-bond donors (Lipinski definition) is 2. The average molecular weight is 436 g/mol. The monoisotopic (exact) mass is 435 g/mol. The highest BCUT2D eigenvalue weighted by molar-refractivity contribution is 7.89. The van der Waals surface area contributed by atoms with E-state index in [1.807, 2.05) is 12.1 Å². The molecule has 168 valence electrons. The number of likely N-dealkylation sites (N-methyl/N-ethyl adjacent to an activating group) is 1. The summed E-state index contributed by atoms with van der Waals surface area (Å²) in [7, 11) is -3.42. The molecule has 2 saturated heterocycles. The highest BCUT2D eigenvalue weighted by Gasteiger charge is 2.26. The summed E-state index contributed by atoms with van der Waals surface area (Å²) in [4.78, 5) is 7.58. The number of rotatable bonds is 8. The van der Waals surface area contributed by atoms with E-state index in [4.69, 9.17) is 4.99 Å². The first kappa shape index (κ1) is 23.0. The third-order valence-corrected chi connectivity index (χ3v) is 7.92. The van der Waals surface area contributed by atoms with Crippen molar-refractivity contribution in [3.63, 3.8) is 0 Å². The van der Waals surface area contributed by atoms with Crippen molar-refractivity contribution in [2.75, 3.05) is 39.3 Å². The van der Waals surface area contributed by atoms with E-state index in [1.165, 1.54) is 19.4 Å². The molecule has 0 amide bonds. The molecule has 0 bridgehead atoms. The first-order chi connectivity index (χ1) is 14.5. The van der Waals surface area contributed by atoms with Gasteiger partial charge in [0.25, 0.3) is 0 Å². The number of piperidine rings is 1. The Morgan fingerprint density at radius 2 is 1.90 bits per heavy atom. The van der Waals surface area contributed by atoms with E-state index in [-0.39, 0.29) is 0 Å². The van der Waals surface area contributed by atoms with Gasteiger partial charge in [-0.15, -0.1) is 0 Å². The maximum atomic E-state index is 12.9. The van der Waals surface area contributed by atoms with Gasteiger partial charge in [-0.1, -0.05) is 25.5 Å². The van der Waals surface area contributed by atoms with Gasteiger partial charge in [-0.2, -0.15) is 4.31 Å². The summed E-state index contributed by atoms with van der Waals surface area (Å²) in [6.45, 7) is 9.87. The van der Waals surface area contributed by atoms with E-state index in [0.717, 1.165) is 50.4 Å². The molecule has 2 heterocycles. The largest absolute Gasteiger partial charge is 0.357 e. The second-order valence-electron chi connectivity index (χ2n) is 8.11. The van der Waals surface area contributed by atoms with Crippen molar-refractivity contribution in [1.29, 1.82) is 0 Å². The molecule has 3 rings (SSSR count). The minimum Gasteiger partial charge on any atom is -0.357 e. The molecule has 1 aromatic rings. The molecular formula is C22H37N5O2S. The molecule has 0 aliphatic carbocycles. The average Bonchev–Trinajstić information content (AvgIpc) is 3.24. The zero-order chi connectivity index (χ0) is 21.4. The molecule has 2 fully saturated rings. The van der Waals surface area contributed by atoms with Crippen LogP contribution in [-0.4, -0.2) is 68.9 Å². The Kier molecular flexibility index (Phi) is 8.53. The maximum absolute atomic E-state index is 12.9. The highest BCUT2D eigenvalue weighted by atomic mass is 32.2. The predicted molar refractivity (Wildman–Crippen MR) is 122 cm³/mol. The number of guanidine groups is 1. The highest BCUT2D eigenvalue weighted by Crippen LogP contribution is 2.21. The van der Waals surface area contributed by atoms with E-state index < -0.39 is 10.0 Å². The van der Waals surface area contributed by atoms with Gasteiger partial charge in [0.1, 0.15) is 0 Å². The van der Waals surface area contributed by atoms with Crippen molar-refractivity contribution in [2.45, 2.75) is 63.4 Å². The smallest absolute Gasteiger partial charge is 0.243 e. The number of nitrogens with one attached hydrogen (secondary N) is 2. The van der Waals surface area contributed by atoms with Gasteiger partial charge >= 0.3 is 0 Å². The molecule has 30 heavy (non-hydrogen) atoms. The minimum atomic E-state index is -3.42. The van der Waals surface area contributed by atoms with E-state index in [1.54, 1.807) is 16.4 Å². The topological polar surface area (TPSA) is 77.0 Å². The predicted octanol–water partition coefficient (Wildman–Crippen LogP) is 2.40. The normalized spacial score (nSPS) is 21.7. The van der Waals surface area contributed by atoms with Gasteiger partial charge < -0.3 is 10.6 Å². The van der Waals surface area contributed by atoms with Crippen molar-refractivity contribution in [3.8, 4) is 0 Å². The first-order valence-corrected chi connectivity index (χ1v) is 12.8. The van der Waals surface area contributed by atoms with Crippen molar-refractivity contribution in [2.24, 2.45) is 4.99 Å². The SMILES string of the molecule is CCNC(=NCc1cccc(S(=O)(=O)N2CCCCC2)c1)NCC1CCCN1CC. The van der Waals surface area contributed by atoms with Crippen LogP contribution in [0, 0.1) is 0 Å². The van der Waals surface area contributed by atoms with Crippen molar-refractivity contribution < 1.29 is 8.42 Å². The lowest BCUT2D eigenvalue weighted by Gasteiger charge is -2.26. The Balaban J connectivity index is 1.64. The summed E-state index contributed by atoms with van der Waals surface area (Å²) in [5.74, 6) is 0.782. The number of aliphatic imine (C=N–C) groups is 1. The molecule has 0 saturated carbocycles. The summed E-state index contributed by atoms with van der Waals surface area (Å²) in [5.41, 5.74) is 0.904. The molecule has 1 atom stereocenters. The van der Waals surface area contributed by atoms with Crippen LogP contribution in [0.2, 0.25) is 0 Å². The lowest BCUT2D eigenvalue weighted by atomic mass is 10.2. The fraction of sp³-hybridized carbons (Fsp3) is 0.682. The van der Waals surface area contributed by atoms with Crippen LogP contribution < -0.4 is 10.6 Å². The second-order valence-corrected chi connectivity index (χ2v) is 10.1. The second kappa shape index (κ2) is 11.1. The zero-order valence-electron chi connectivity index (χ0n) is 18.4. The molecule has 0 spiro atoms. The Labute approximate surface area is 182 Å². The van der Waals surface area contributed by atoms with E-state index in [9.17, 15) is 8.42 Å². The van der Waals surface area contributed by atoms with Crippen LogP contribution in [-0.2, 0) is 16.6 Å². The van der Waals surface area contributed by atoms with E-state index >= 15 is 0 Å². The summed E-state index contributed by atoms with van der Waals surface area (Å²) >= 11 is 0. The lowest BCUT2D eigenvalue weighted by molar-refractivity contribution is 0.267. The van der Waals surface area contributed by atoms with Crippen LogP contribution in [0.3, 0.4) is 0 Å². The number of benzene rings is 1. The van der Waals surface area contributed by atoms with Gasteiger partial charge in [-0.3, -0.25) is 4.90 Å². The Morgan fingerprint density at radius 3 is 2.63 bits per heavy atom. The van der Waals surface area contributed by atoms with Crippen molar-refractivity contribution in [1.82, 2.24) is 19.8 Å². The van der Waals surface area contributed by atoms with Crippen LogP contribution in [0.25, 0.3) is 0 Å². The van der Waals surface area contributed by atoms with Crippen molar-refractivity contribution >= 4 is 16.0 Å². The standard InChI is InChI=1S/C22H37N5O2S/c1-3-23-22(25-18-20-11-9-13-26(20)4-2)24-17-19-10-8-12-21(16-19)30(28,29)27-14-6-5-7-15-27/h8,10,12,16,20H,3-7,9,11,13-15,17-18H2,1-2H3,(H2,23,24,25). The van der Waals surface area contributed by atoms with Crippen molar-refractivity contribution in [3.05, 3.63) is 29.8 Å². The zero-order valence-corrected chi connectivity index (χ0v) is 19.3. The van der Waals surface area contributed by atoms with Crippen LogP contribution in [0.5, 0.6) is 0 Å². The summed E-state index contributed by atoms with van der Waals surface area (Å²) in [6, 6.07) is 7.78. The summed E-state index contributed by atoms with van der Waals surface area (Å²) in [5, 5.41) is 6.76. The molecule has 2 aliphatic heterocycles. The maximum Gasteiger partial charge on any atom is 0.243 e. The molecule has 8 heteroatoms. The number of sulfonamides is 1. The Bertz CT molecular complexity index is 806. The minimum absolute atomic E-state index is 0.375. The van der Waals surface area contributed by atoms with Crippen LogP contribution in [0.4, 0.5) is 0 Å². The molecule has 7 nitrogen and oxygen atoms in total. The van der Waals surface area contributed by atoms with Gasteiger partial charge in [0.2, 0.25) is 10.0 Å². The van der Waals surface area contributed by atoms with Gasteiger partial charge in [0, 0.05) is 32.2 Å². The third kappa shape index (κ3) is 5.95. The Morgan fingerprint density at radius 1 is 1.10 bits per heavy atom. The van der Waals surface area contributed by atoms with Gasteiger partial charge in [-0.25, -0.2) is 13.4 Å². The fourth-order valence-electron chi connectivity index (χ4n) is 4.33. The fourth-order valence-corrected chi connectivity index (χ4v) is 5.92. The molecule has 0 aromatic heterocycles. The van der Waals surface area contributed by atoms with E-state index in [0.29, 0.717) is 30.6 Å². The van der Waals surface area contributed by atoms with E-state index in [2.05, 4.69) is 29.4 Å².